The summed E-state index contributed by atoms with van der Waals surface area (Å²) in [6, 6.07) is 6.12. The van der Waals surface area contributed by atoms with Crippen LogP contribution in [0.25, 0.3) is 5.65 Å². The second kappa shape index (κ2) is 3.03. The van der Waals surface area contributed by atoms with Crippen molar-refractivity contribution in [1.82, 2.24) is 14.6 Å². The van der Waals surface area contributed by atoms with Crippen molar-refractivity contribution in [3.63, 3.8) is 0 Å². The molecule has 1 saturated heterocycles. The van der Waals surface area contributed by atoms with Crippen LogP contribution in [0.3, 0.4) is 0 Å². The molecule has 0 aliphatic carbocycles. The maximum absolute atomic E-state index is 9.15. The van der Waals surface area contributed by atoms with Crippen molar-refractivity contribution in [2.75, 3.05) is 13.2 Å². The average Bonchev–Trinajstić information content (AvgIpc) is 2.60. The Kier molecular flexibility index (Phi) is 1.76. The minimum Gasteiger partial charge on any atom is -0.377 e. The molecule has 3 heterocycles. The number of nitrogens with zero attached hydrogens (tertiary/aromatic N) is 4. The van der Waals surface area contributed by atoms with Gasteiger partial charge in [0, 0.05) is 6.20 Å². The third kappa shape index (κ3) is 1.14. The Morgan fingerprint density at radius 1 is 1.50 bits per heavy atom. The Morgan fingerprint density at radius 2 is 2.31 bits per heavy atom. The van der Waals surface area contributed by atoms with Gasteiger partial charge in [0.05, 0.1) is 19.3 Å². The molecule has 0 bridgehead atoms. The van der Waals surface area contributed by atoms with Crippen LogP contribution >= 0.6 is 0 Å². The van der Waals surface area contributed by atoms with Crippen LogP contribution in [0.2, 0.25) is 0 Å². The summed E-state index contributed by atoms with van der Waals surface area (Å²) in [6.45, 7) is 2.77. The van der Waals surface area contributed by atoms with Crippen molar-refractivity contribution in [3.05, 3.63) is 29.7 Å². The van der Waals surface area contributed by atoms with Crippen molar-refractivity contribution in [2.24, 2.45) is 0 Å². The topological polar surface area (TPSA) is 63.2 Å². The van der Waals surface area contributed by atoms with E-state index in [9.17, 15) is 0 Å². The molecular weight excluding hydrogens is 204 g/mol. The molecule has 0 spiro atoms. The van der Waals surface area contributed by atoms with Crippen LogP contribution in [0, 0.1) is 18.3 Å². The first-order valence-corrected chi connectivity index (χ1v) is 5.06. The van der Waals surface area contributed by atoms with E-state index in [2.05, 4.69) is 16.2 Å². The van der Waals surface area contributed by atoms with Gasteiger partial charge in [-0.3, -0.25) is 0 Å². The van der Waals surface area contributed by atoms with Gasteiger partial charge in [0.15, 0.2) is 16.9 Å². The Morgan fingerprint density at radius 3 is 2.94 bits per heavy atom. The summed E-state index contributed by atoms with van der Waals surface area (Å²) in [5.41, 5.74) is 1.24. The predicted molar refractivity (Wildman–Crippen MR) is 55.8 cm³/mol. The van der Waals surface area contributed by atoms with Crippen LogP contribution in [-0.2, 0) is 10.2 Å². The zero-order valence-corrected chi connectivity index (χ0v) is 8.84. The Hall–Kier alpha value is -1.93. The minimum atomic E-state index is -0.639. The number of nitriles is 1. The smallest absolute Gasteiger partial charge is 0.176 e. The fourth-order valence-electron chi connectivity index (χ4n) is 1.74. The third-order valence-corrected chi connectivity index (χ3v) is 2.82. The quantitative estimate of drug-likeness (QED) is 0.705. The molecule has 0 aromatic carbocycles. The van der Waals surface area contributed by atoms with E-state index < -0.39 is 5.41 Å². The van der Waals surface area contributed by atoms with Crippen LogP contribution in [-0.4, -0.2) is 27.8 Å². The van der Waals surface area contributed by atoms with Gasteiger partial charge in [-0.2, -0.15) is 5.26 Å². The zero-order chi connectivity index (χ0) is 11.2. The summed E-state index contributed by atoms with van der Waals surface area (Å²) in [5, 5.41) is 13.5. The van der Waals surface area contributed by atoms with E-state index >= 15 is 0 Å². The Bertz CT molecular complexity index is 592. The molecule has 3 rings (SSSR count). The monoisotopic (exact) mass is 214 g/mol. The largest absolute Gasteiger partial charge is 0.377 e. The maximum atomic E-state index is 9.15. The fraction of sp³-hybridized carbons (Fsp3) is 0.364. The molecule has 16 heavy (non-hydrogen) atoms. The molecule has 5 heteroatoms. The second-order valence-corrected chi connectivity index (χ2v) is 4.13. The van der Waals surface area contributed by atoms with Crippen LogP contribution < -0.4 is 0 Å². The first-order chi connectivity index (χ1) is 7.73. The van der Waals surface area contributed by atoms with E-state index in [0.29, 0.717) is 19.0 Å². The highest BCUT2D eigenvalue weighted by Gasteiger charge is 2.44. The summed E-state index contributed by atoms with van der Waals surface area (Å²) in [7, 11) is 0. The summed E-state index contributed by atoms with van der Waals surface area (Å²) in [6.07, 6.45) is 1.90. The number of ether oxygens (including phenoxy) is 1. The van der Waals surface area contributed by atoms with Crippen molar-refractivity contribution in [1.29, 1.82) is 5.26 Å². The second-order valence-electron chi connectivity index (χ2n) is 4.13. The number of hydrogen-bond donors (Lipinski definition) is 0. The number of aryl methyl sites for hydroxylation is 1. The third-order valence-electron chi connectivity index (χ3n) is 2.82. The van der Waals surface area contributed by atoms with Crippen LogP contribution in [0.1, 0.15) is 11.4 Å². The van der Waals surface area contributed by atoms with Crippen LogP contribution in [0.15, 0.2) is 18.3 Å². The number of rotatable bonds is 1. The summed E-state index contributed by atoms with van der Waals surface area (Å²) < 4.78 is 6.80. The molecule has 80 valence electrons. The lowest BCUT2D eigenvalue weighted by Crippen LogP contribution is -2.46. The minimum absolute atomic E-state index is 0.388. The van der Waals surface area contributed by atoms with E-state index in [1.807, 2.05) is 25.3 Å². The van der Waals surface area contributed by atoms with E-state index in [1.165, 1.54) is 0 Å². The highest BCUT2D eigenvalue weighted by atomic mass is 16.5. The molecule has 0 amide bonds. The maximum Gasteiger partial charge on any atom is 0.176 e. The molecule has 2 aromatic heterocycles. The molecule has 0 N–H and O–H groups in total. The molecule has 1 aliphatic heterocycles. The molecular formula is C11H10N4O. The highest BCUT2D eigenvalue weighted by molar-refractivity contribution is 5.41. The molecule has 0 radical (unpaired) electrons. The number of hydrogen-bond acceptors (Lipinski definition) is 4. The van der Waals surface area contributed by atoms with Crippen molar-refractivity contribution < 1.29 is 4.74 Å². The van der Waals surface area contributed by atoms with Gasteiger partial charge in [-0.1, -0.05) is 6.07 Å². The normalized spacial score (nSPS) is 18.0. The first-order valence-electron chi connectivity index (χ1n) is 5.06. The molecule has 0 unspecified atom stereocenters. The average molecular weight is 214 g/mol. The van der Waals surface area contributed by atoms with Crippen molar-refractivity contribution >= 4 is 5.65 Å². The summed E-state index contributed by atoms with van der Waals surface area (Å²) >= 11 is 0. The van der Waals surface area contributed by atoms with Gasteiger partial charge >= 0.3 is 0 Å². The Labute approximate surface area is 92.3 Å². The fourth-order valence-corrected chi connectivity index (χ4v) is 1.74. The van der Waals surface area contributed by atoms with Gasteiger partial charge in [-0.25, -0.2) is 9.50 Å². The van der Waals surface area contributed by atoms with E-state index in [-0.39, 0.29) is 0 Å². The first kappa shape index (κ1) is 9.31. The van der Waals surface area contributed by atoms with Crippen molar-refractivity contribution in [3.8, 4) is 6.07 Å². The molecule has 2 aromatic rings. The zero-order valence-electron chi connectivity index (χ0n) is 8.84. The highest BCUT2D eigenvalue weighted by Crippen LogP contribution is 2.29. The lowest BCUT2D eigenvalue weighted by molar-refractivity contribution is -0.0337. The number of pyridine rings is 1. The molecule has 1 fully saturated rings. The summed E-state index contributed by atoms with van der Waals surface area (Å²) in [5.74, 6) is 0.562. The van der Waals surface area contributed by atoms with Gasteiger partial charge in [-0.05, 0) is 18.6 Å². The van der Waals surface area contributed by atoms with Crippen LogP contribution in [0.4, 0.5) is 0 Å². The van der Waals surface area contributed by atoms with Gasteiger partial charge in [-0.15, -0.1) is 5.10 Å². The molecule has 5 nitrogen and oxygen atoms in total. The lowest BCUT2D eigenvalue weighted by atomic mass is 9.87. The summed E-state index contributed by atoms with van der Waals surface area (Å²) in [4.78, 5) is 4.37. The van der Waals surface area contributed by atoms with Crippen LogP contribution in [0.5, 0.6) is 0 Å². The van der Waals surface area contributed by atoms with Gasteiger partial charge in [0.2, 0.25) is 0 Å². The van der Waals surface area contributed by atoms with Gasteiger partial charge < -0.3 is 4.74 Å². The SMILES string of the molecule is Cc1ccc2nc(C3(C#N)COC3)nn2c1. The van der Waals surface area contributed by atoms with E-state index in [1.54, 1.807) is 4.52 Å². The number of fused-ring (bicyclic) bond motifs is 1. The van der Waals surface area contributed by atoms with E-state index in [0.717, 1.165) is 11.2 Å². The molecule has 0 atom stereocenters. The Balaban J connectivity index is 2.16. The molecule has 0 saturated carbocycles. The number of aromatic nitrogens is 3. The van der Waals surface area contributed by atoms with Gasteiger partial charge in [0.25, 0.3) is 0 Å². The van der Waals surface area contributed by atoms with E-state index in [4.69, 9.17) is 10.00 Å². The lowest BCUT2D eigenvalue weighted by Gasteiger charge is -2.31. The molecule has 1 aliphatic rings. The van der Waals surface area contributed by atoms with Gasteiger partial charge in [0.1, 0.15) is 0 Å². The standard InChI is InChI=1S/C11H10N4O/c1-8-2-3-9-13-10(14-15(9)4-8)11(5-12)6-16-7-11/h2-4H,6-7H2,1H3. The van der Waals surface area contributed by atoms with Crippen molar-refractivity contribution in [2.45, 2.75) is 12.3 Å². The predicted octanol–water partition coefficient (Wildman–Crippen LogP) is 0.829.